The Balaban J connectivity index is 1.72. The second-order valence-electron chi connectivity index (χ2n) is 6.89. The van der Waals surface area contributed by atoms with Crippen molar-refractivity contribution in [1.29, 1.82) is 0 Å². The molecular weight excluding hydrogens is 396 g/mol. The summed E-state index contributed by atoms with van der Waals surface area (Å²) in [5.41, 5.74) is 0. The number of rotatable bonds is 13. The van der Waals surface area contributed by atoms with Gasteiger partial charge in [0.05, 0.1) is 24.4 Å². The lowest BCUT2D eigenvalue weighted by Crippen LogP contribution is -2.37. The summed E-state index contributed by atoms with van der Waals surface area (Å²) in [4.78, 5) is 51.5. The molecule has 2 saturated heterocycles. The van der Waals surface area contributed by atoms with Gasteiger partial charge in [-0.3, -0.25) is 19.2 Å². The highest BCUT2D eigenvalue weighted by Gasteiger charge is 2.38. The van der Waals surface area contributed by atoms with Crippen LogP contribution in [0.15, 0.2) is 25.7 Å². The van der Waals surface area contributed by atoms with Crippen LogP contribution in [0.3, 0.4) is 0 Å². The van der Waals surface area contributed by atoms with Crippen LogP contribution in [0, 0.1) is 11.8 Å². The molecule has 0 N–H and O–H groups in total. The molecule has 30 heavy (non-hydrogen) atoms. The van der Waals surface area contributed by atoms with Crippen LogP contribution in [0.1, 0.15) is 12.8 Å². The maximum Gasteiger partial charge on any atom is 0.311 e. The molecule has 0 saturated carbocycles. The number of nitrogens with zero attached hydrogens (tertiary/aromatic N) is 2. The average Bonchev–Trinajstić information content (AvgIpc) is 3.29. The van der Waals surface area contributed by atoms with E-state index >= 15 is 0 Å². The number of likely N-dealkylation sites (tertiary alicyclic amines) is 2. The topological polar surface area (TPSA) is 112 Å². The zero-order valence-electron chi connectivity index (χ0n) is 17.0. The Hall–Kier alpha value is -3.04. The van der Waals surface area contributed by atoms with E-state index in [-0.39, 0.29) is 64.2 Å². The molecule has 2 fully saturated rings. The quantitative estimate of drug-likeness (QED) is 0.232. The highest BCUT2D eigenvalue weighted by molar-refractivity contribution is 5.88. The van der Waals surface area contributed by atoms with Crippen molar-refractivity contribution < 1.29 is 38.1 Å². The number of hydrogen-bond donors (Lipinski definition) is 0. The molecule has 2 amide bonds. The molecule has 2 unspecified atom stereocenters. The second-order valence-corrected chi connectivity index (χ2v) is 6.89. The van der Waals surface area contributed by atoms with E-state index in [1.54, 1.807) is 0 Å². The van der Waals surface area contributed by atoms with Crippen LogP contribution in [0.25, 0.3) is 0 Å². The number of hydrogen-bond acceptors (Lipinski definition) is 8. The van der Waals surface area contributed by atoms with Crippen LogP contribution < -0.4 is 0 Å². The highest BCUT2D eigenvalue weighted by atomic mass is 16.6. The van der Waals surface area contributed by atoms with Gasteiger partial charge >= 0.3 is 11.9 Å². The van der Waals surface area contributed by atoms with E-state index in [1.807, 2.05) is 0 Å². The van der Waals surface area contributed by atoms with Gasteiger partial charge in [0, 0.05) is 39.0 Å². The lowest BCUT2D eigenvalue weighted by atomic mass is 10.1. The van der Waals surface area contributed by atoms with Crippen LogP contribution in [0.4, 0.5) is 0 Å². The Morgan fingerprint density at radius 2 is 1.20 bits per heavy atom. The van der Waals surface area contributed by atoms with Crippen molar-refractivity contribution in [3.63, 3.8) is 0 Å². The van der Waals surface area contributed by atoms with Gasteiger partial charge in [-0.25, -0.2) is 0 Å². The third kappa shape index (κ3) is 6.78. The van der Waals surface area contributed by atoms with Crippen LogP contribution in [-0.4, -0.2) is 86.2 Å². The molecule has 0 bridgehead atoms. The summed E-state index contributed by atoms with van der Waals surface area (Å²) in [5, 5.41) is 0. The summed E-state index contributed by atoms with van der Waals surface area (Å²) in [5.74, 6) is -2.28. The molecule has 10 heteroatoms. The predicted octanol–water partition coefficient (Wildman–Crippen LogP) is 0.0900. The Kier molecular flexibility index (Phi) is 9.17. The van der Waals surface area contributed by atoms with Crippen molar-refractivity contribution in [2.75, 3.05) is 52.6 Å². The van der Waals surface area contributed by atoms with Crippen molar-refractivity contribution in [3.8, 4) is 0 Å². The van der Waals surface area contributed by atoms with E-state index in [4.69, 9.17) is 18.9 Å². The largest absolute Gasteiger partial charge is 0.498 e. The lowest BCUT2D eigenvalue weighted by Gasteiger charge is -2.22. The smallest absolute Gasteiger partial charge is 0.311 e. The van der Waals surface area contributed by atoms with Crippen LogP contribution in [0.2, 0.25) is 0 Å². The predicted molar refractivity (Wildman–Crippen MR) is 104 cm³/mol. The van der Waals surface area contributed by atoms with Gasteiger partial charge in [-0.15, -0.1) is 0 Å². The molecule has 2 atom stereocenters. The summed E-state index contributed by atoms with van der Waals surface area (Å²) in [7, 11) is 0. The minimum absolute atomic E-state index is 0.0802. The molecule has 0 radical (unpaired) electrons. The van der Waals surface area contributed by atoms with Gasteiger partial charge < -0.3 is 28.7 Å². The Labute approximate surface area is 175 Å². The van der Waals surface area contributed by atoms with Crippen molar-refractivity contribution in [1.82, 2.24) is 9.80 Å². The molecule has 166 valence electrons. The van der Waals surface area contributed by atoms with E-state index in [9.17, 15) is 19.2 Å². The normalized spacial score (nSPS) is 20.8. The van der Waals surface area contributed by atoms with E-state index in [1.165, 1.54) is 22.3 Å². The number of ether oxygens (including phenoxy) is 4. The number of carbonyl (C=O) groups excluding carboxylic acids is 4. The first-order valence-electron chi connectivity index (χ1n) is 9.80. The Morgan fingerprint density at radius 1 is 0.800 bits per heavy atom. The number of esters is 2. The van der Waals surface area contributed by atoms with Crippen molar-refractivity contribution >= 4 is 23.8 Å². The maximum atomic E-state index is 12.2. The zero-order valence-corrected chi connectivity index (χ0v) is 17.0. The van der Waals surface area contributed by atoms with Gasteiger partial charge in [0.15, 0.2) is 0 Å². The molecule has 2 heterocycles. The summed E-state index contributed by atoms with van der Waals surface area (Å²) in [6, 6.07) is 0. The first kappa shape index (κ1) is 23.2. The molecule has 0 aromatic heterocycles. The first-order valence-corrected chi connectivity index (χ1v) is 9.80. The molecular formula is C20H28N2O8. The average molecular weight is 424 g/mol. The maximum absolute atomic E-state index is 12.2. The third-order valence-electron chi connectivity index (χ3n) is 4.86. The zero-order chi connectivity index (χ0) is 21.9. The first-order chi connectivity index (χ1) is 14.5. The monoisotopic (exact) mass is 424 g/mol. The Morgan fingerprint density at radius 3 is 1.57 bits per heavy atom. The van der Waals surface area contributed by atoms with Crippen molar-refractivity contribution in [2.45, 2.75) is 12.8 Å². The van der Waals surface area contributed by atoms with Gasteiger partial charge in [0.1, 0.15) is 26.4 Å². The Bertz CT molecular complexity index is 609. The van der Waals surface area contributed by atoms with Crippen molar-refractivity contribution in [3.05, 3.63) is 25.7 Å². The van der Waals surface area contributed by atoms with Crippen LogP contribution >= 0.6 is 0 Å². The molecule has 0 aliphatic carbocycles. The number of carbonyl (C=O) groups is 4. The highest BCUT2D eigenvalue weighted by Crippen LogP contribution is 2.22. The fourth-order valence-corrected chi connectivity index (χ4v) is 3.32. The van der Waals surface area contributed by atoms with Gasteiger partial charge in [-0.05, 0) is 0 Å². The molecule has 0 spiro atoms. The minimum Gasteiger partial charge on any atom is -0.498 e. The van der Waals surface area contributed by atoms with Crippen LogP contribution in [0.5, 0.6) is 0 Å². The van der Waals surface area contributed by atoms with Gasteiger partial charge in [0.2, 0.25) is 11.8 Å². The van der Waals surface area contributed by atoms with E-state index < -0.39 is 23.8 Å². The molecule has 2 rings (SSSR count). The fraction of sp³-hybridized carbons (Fsp3) is 0.600. The SMILES string of the molecule is C=COCCOC(=O)C1CC(=O)N(CCN2CC(C(=O)OCCOC=C)CC2=O)C1. The summed E-state index contributed by atoms with van der Waals surface area (Å²) >= 11 is 0. The summed E-state index contributed by atoms with van der Waals surface area (Å²) in [6.07, 6.45) is 2.68. The van der Waals surface area contributed by atoms with E-state index in [0.29, 0.717) is 13.1 Å². The standard InChI is InChI=1S/C20H28N2O8/c1-3-27-7-9-29-19(25)15-11-17(23)21(13-15)5-6-22-14-16(12-18(22)24)20(26)30-10-8-28-4-2/h3-4,15-16H,1-2,5-14H2. The van der Waals surface area contributed by atoms with E-state index in [2.05, 4.69) is 13.2 Å². The summed E-state index contributed by atoms with van der Waals surface area (Å²) in [6.45, 7) is 8.47. The fourth-order valence-electron chi connectivity index (χ4n) is 3.32. The van der Waals surface area contributed by atoms with Crippen LogP contribution in [-0.2, 0) is 38.1 Å². The molecule has 10 nitrogen and oxygen atoms in total. The number of amides is 2. The summed E-state index contributed by atoms with van der Waals surface area (Å²) < 4.78 is 19.9. The minimum atomic E-state index is -0.531. The molecule has 2 aliphatic heterocycles. The third-order valence-corrected chi connectivity index (χ3v) is 4.86. The van der Waals surface area contributed by atoms with Gasteiger partial charge in [-0.1, -0.05) is 13.2 Å². The molecule has 2 aliphatic rings. The lowest BCUT2D eigenvalue weighted by molar-refractivity contribution is -0.150. The van der Waals surface area contributed by atoms with E-state index in [0.717, 1.165) is 0 Å². The second kappa shape index (κ2) is 11.8. The molecule has 0 aromatic carbocycles. The molecule has 0 aromatic rings. The van der Waals surface area contributed by atoms with Crippen molar-refractivity contribution in [2.24, 2.45) is 11.8 Å². The van der Waals surface area contributed by atoms with Gasteiger partial charge in [-0.2, -0.15) is 0 Å². The van der Waals surface area contributed by atoms with Gasteiger partial charge in [0.25, 0.3) is 0 Å².